The van der Waals surface area contributed by atoms with Crippen LogP contribution in [-0.2, 0) is 6.54 Å². The van der Waals surface area contributed by atoms with Crippen LogP contribution in [0.15, 0.2) is 10.9 Å². The lowest BCUT2D eigenvalue weighted by Gasteiger charge is -2.06. The van der Waals surface area contributed by atoms with Gasteiger partial charge in [0.15, 0.2) is 5.43 Å². The van der Waals surface area contributed by atoms with Gasteiger partial charge in [0.25, 0.3) is 6.43 Å². The summed E-state index contributed by atoms with van der Waals surface area (Å²) < 4.78 is 24.6. The van der Waals surface area contributed by atoms with Crippen LogP contribution in [0.25, 0.3) is 0 Å². The Morgan fingerprint density at radius 2 is 2.15 bits per heavy atom. The summed E-state index contributed by atoms with van der Waals surface area (Å²) in [7, 11) is 0. The number of hydrogen-bond acceptors (Lipinski definition) is 3. The molecule has 0 fully saturated rings. The molecule has 0 saturated heterocycles. The smallest absolute Gasteiger partial charge is 0.278 e. The second kappa shape index (κ2) is 3.53. The van der Waals surface area contributed by atoms with E-state index in [4.69, 9.17) is 11.5 Å². The van der Waals surface area contributed by atoms with Crippen molar-refractivity contribution in [3.05, 3.63) is 27.5 Å². The molecule has 0 aliphatic heterocycles. The van der Waals surface area contributed by atoms with Crippen molar-refractivity contribution < 1.29 is 8.78 Å². The fourth-order valence-corrected chi connectivity index (χ4v) is 1.02. The highest BCUT2D eigenvalue weighted by atomic mass is 19.3. The number of pyridine rings is 1. The van der Waals surface area contributed by atoms with Crippen LogP contribution in [0.1, 0.15) is 17.7 Å². The zero-order valence-corrected chi connectivity index (χ0v) is 6.68. The minimum atomic E-state index is -2.77. The molecule has 1 heterocycles. The van der Waals surface area contributed by atoms with Gasteiger partial charge in [0.2, 0.25) is 0 Å². The maximum absolute atomic E-state index is 12.3. The SMILES string of the molecule is NCc1c(C(F)F)[nH]c(N)cc1=O. The molecule has 72 valence electrons. The number of hydrogen-bond donors (Lipinski definition) is 3. The predicted molar refractivity (Wildman–Crippen MR) is 44.3 cm³/mol. The zero-order valence-electron chi connectivity index (χ0n) is 6.68. The van der Waals surface area contributed by atoms with E-state index in [-0.39, 0.29) is 17.9 Å². The van der Waals surface area contributed by atoms with Crippen molar-refractivity contribution >= 4 is 5.82 Å². The summed E-state index contributed by atoms with van der Waals surface area (Å²) in [5.41, 5.74) is 9.16. The van der Waals surface area contributed by atoms with Crippen LogP contribution >= 0.6 is 0 Å². The Balaban J connectivity index is 3.38. The minimum absolute atomic E-state index is 0.0856. The predicted octanol–water partition coefficient (Wildman–Crippen LogP) is 0.353. The normalized spacial score (nSPS) is 10.8. The number of anilines is 1. The maximum Gasteiger partial charge on any atom is 0.278 e. The zero-order chi connectivity index (χ0) is 10.0. The first-order valence-corrected chi connectivity index (χ1v) is 3.56. The van der Waals surface area contributed by atoms with Crippen LogP contribution in [0.3, 0.4) is 0 Å². The quantitative estimate of drug-likeness (QED) is 0.627. The van der Waals surface area contributed by atoms with Crippen molar-refractivity contribution in [2.45, 2.75) is 13.0 Å². The van der Waals surface area contributed by atoms with Crippen molar-refractivity contribution in [1.82, 2.24) is 4.98 Å². The Morgan fingerprint density at radius 1 is 1.54 bits per heavy atom. The number of rotatable bonds is 2. The van der Waals surface area contributed by atoms with Crippen molar-refractivity contribution in [3.8, 4) is 0 Å². The van der Waals surface area contributed by atoms with Gasteiger partial charge in [0.1, 0.15) is 5.82 Å². The van der Waals surface area contributed by atoms with Gasteiger partial charge in [-0.3, -0.25) is 4.79 Å². The average molecular weight is 189 g/mol. The molecule has 0 aliphatic carbocycles. The molecule has 0 aromatic carbocycles. The van der Waals surface area contributed by atoms with Gasteiger partial charge in [0.05, 0.1) is 5.69 Å². The monoisotopic (exact) mass is 189 g/mol. The second-order valence-electron chi connectivity index (χ2n) is 2.49. The van der Waals surface area contributed by atoms with Crippen LogP contribution in [0.2, 0.25) is 0 Å². The van der Waals surface area contributed by atoms with E-state index in [2.05, 4.69) is 4.98 Å². The lowest BCUT2D eigenvalue weighted by molar-refractivity contribution is 0.145. The van der Waals surface area contributed by atoms with Crippen molar-refractivity contribution in [2.24, 2.45) is 5.73 Å². The Bertz CT molecular complexity index is 361. The van der Waals surface area contributed by atoms with E-state index in [9.17, 15) is 13.6 Å². The van der Waals surface area contributed by atoms with Crippen LogP contribution in [0.4, 0.5) is 14.6 Å². The summed E-state index contributed by atoms with van der Waals surface area (Å²) in [5, 5.41) is 0. The van der Waals surface area contributed by atoms with Gasteiger partial charge >= 0.3 is 0 Å². The van der Waals surface area contributed by atoms with Gasteiger partial charge in [-0.2, -0.15) is 0 Å². The van der Waals surface area contributed by atoms with Crippen molar-refractivity contribution in [2.75, 3.05) is 5.73 Å². The van der Waals surface area contributed by atoms with E-state index in [1.165, 1.54) is 0 Å². The second-order valence-corrected chi connectivity index (χ2v) is 2.49. The molecule has 1 rings (SSSR count). The molecule has 4 nitrogen and oxygen atoms in total. The summed E-state index contributed by atoms with van der Waals surface area (Å²) >= 11 is 0. The number of nitrogens with two attached hydrogens (primary N) is 2. The molecular weight excluding hydrogens is 180 g/mol. The van der Waals surface area contributed by atoms with E-state index in [1.807, 2.05) is 0 Å². The molecule has 0 bridgehead atoms. The first-order chi connectivity index (χ1) is 6.06. The fraction of sp³-hybridized carbons (Fsp3) is 0.286. The summed E-state index contributed by atoms with van der Waals surface area (Å²) in [6.07, 6.45) is -2.77. The van der Waals surface area contributed by atoms with Gasteiger partial charge in [0, 0.05) is 18.2 Å². The van der Waals surface area contributed by atoms with E-state index in [1.54, 1.807) is 0 Å². The number of halogens is 2. The molecule has 5 N–H and O–H groups in total. The molecular formula is C7H9F2N3O. The highest BCUT2D eigenvalue weighted by Gasteiger charge is 2.15. The first-order valence-electron chi connectivity index (χ1n) is 3.56. The molecule has 0 aliphatic rings. The third-order valence-electron chi connectivity index (χ3n) is 1.61. The average Bonchev–Trinajstić information content (AvgIpc) is 2.02. The first kappa shape index (κ1) is 9.66. The van der Waals surface area contributed by atoms with E-state index in [0.29, 0.717) is 0 Å². The number of H-pyrrole nitrogens is 1. The number of aromatic nitrogens is 1. The van der Waals surface area contributed by atoms with Crippen LogP contribution in [0, 0.1) is 0 Å². The van der Waals surface area contributed by atoms with Crippen LogP contribution in [-0.4, -0.2) is 4.98 Å². The number of aromatic amines is 1. The summed E-state index contributed by atoms with van der Waals surface area (Å²) in [5.74, 6) is -0.0856. The van der Waals surface area contributed by atoms with Gasteiger partial charge in [-0.05, 0) is 0 Å². The summed E-state index contributed by atoms with van der Waals surface area (Å²) in [4.78, 5) is 13.3. The van der Waals surface area contributed by atoms with Gasteiger partial charge in [-0.1, -0.05) is 0 Å². The Kier molecular flexibility index (Phi) is 2.62. The standard InChI is InChI=1S/C7H9F2N3O/c8-7(9)6-3(2-10)4(13)1-5(11)12-6/h1,7H,2,10H2,(H3,11,12,13). The lowest BCUT2D eigenvalue weighted by atomic mass is 10.2. The molecule has 0 atom stereocenters. The molecule has 6 heteroatoms. The number of nitrogens with one attached hydrogen (secondary N) is 1. The third-order valence-corrected chi connectivity index (χ3v) is 1.61. The van der Waals surface area contributed by atoms with E-state index < -0.39 is 17.5 Å². The fourth-order valence-electron chi connectivity index (χ4n) is 1.02. The van der Waals surface area contributed by atoms with Gasteiger partial charge < -0.3 is 16.5 Å². The molecule has 0 amide bonds. The third kappa shape index (κ3) is 1.83. The van der Waals surface area contributed by atoms with Gasteiger partial charge in [-0.15, -0.1) is 0 Å². The van der Waals surface area contributed by atoms with E-state index in [0.717, 1.165) is 6.07 Å². The Hall–Kier alpha value is -1.43. The Labute approximate surface area is 72.6 Å². The van der Waals surface area contributed by atoms with Crippen LogP contribution < -0.4 is 16.9 Å². The molecule has 1 aromatic heterocycles. The van der Waals surface area contributed by atoms with Crippen LogP contribution in [0.5, 0.6) is 0 Å². The number of nitrogen functional groups attached to an aromatic ring is 1. The number of alkyl halides is 2. The van der Waals surface area contributed by atoms with Crippen molar-refractivity contribution in [3.63, 3.8) is 0 Å². The molecule has 1 aromatic rings. The maximum atomic E-state index is 12.3. The van der Waals surface area contributed by atoms with Crippen molar-refractivity contribution in [1.29, 1.82) is 0 Å². The van der Waals surface area contributed by atoms with Gasteiger partial charge in [-0.25, -0.2) is 8.78 Å². The molecule has 0 saturated carbocycles. The summed E-state index contributed by atoms with van der Waals surface area (Å²) in [6.45, 7) is -0.227. The lowest BCUT2D eigenvalue weighted by Crippen LogP contribution is -2.18. The highest BCUT2D eigenvalue weighted by Crippen LogP contribution is 2.18. The topological polar surface area (TPSA) is 84.9 Å². The highest BCUT2D eigenvalue weighted by molar-refractivity contribution is 5.34. The molecule has 13 heavy (non-hydrogen) atoms. The molecule has 0 unspecified atom stereocenters. The minimum Gasteiger partial charge on any atom is -0.385 e. The molecule has 0 radical (unpaired) electrons. The molecule has 0 spiro atoms. The van der Waals surface area contributed by atoms with E-state index >= 15 is 0 Å². The summed E-state index contributed by atoms with van der Waals surface area (Å²) in [6, 6.07) is 1.04. The Morgan fingerprint density at radius 3 is 2.62 bits per heavy atom. The largest absolute Gasteiger partial charge is 0.385 e.